The SMILES string of the molecule is CCN(CC)CCN(C#N)C(=N)N(CCOc1ccccc1)CCN(CC)CC. The Morgan fingerprint density at radius 1 is 0.862 bits per heavy atom. The van der Waals surface area contributed by atoms with Crippen LogP contribution in [0.4, 0.5) is 0 Å². The molecule has 162 valence electrons. The minimum atomic E-state index is 0.253. The van der Waals surface area contributed by atoms with Crippen LogP contribution in [-0.4, -0.2) is 91.1 Å². The first-order valence-electron chi connectivity index (χ1n) is 10.7. The monoisotopic (exact) mass is 402 g/mol. The summed E-state index contributed by atoms with van der Waals surface area (Å²) >= 11 is 0. The lowest BCUT2D eigenvalue weighted by Crippen LogP contribution is -2.48. The number of guanidine groups is 1. The van der Waals surface area contributed by atoms with E-state index >= 15 is 0 Å². The number of nitrogens with one attached hydrogen (secondary N) is 1. The largest absolute Gasteiger partial charge is 0.492 e. The summed E-state index contributed by atoms with van der Waals surface area (Å²) in [5, 5.41) is 18.3. The summed E-state index contributed by atoms with van der Waals surface area (Å²) in [4.78, 5) is 8.02. The van der Waals surface area contributed by atoms with Gasteiger partial charge in [-0.05, 0) is 38.3 Å². The topological polar surface area (TPSA) is 69.8 Å². The van der Waals surface area contributed by atoms with Crippen molar-refractivity contribution in [3.8, 4) is 11.9 Å². The van der Waals surface area contributed by atoms with E-state index in [2.05, 4.69) is 43.7 Å². The van der Waals surface area contributed by atoms with Crippen LogP contribution >= 0.6 is 0 Å². The van der Waals surface area contributed by atoms with E-state index < -0.39 is 0 Å². The predicted octanol–water partition coefficient (Wildman–Crippen LogP) is 2.77. The molecule has 1 N–H and O–H groups in total. The summed E-state index contributed by atoms with van der Waals surface area (Å²) in [5.41, 5.74) is 0. The van der Waals surface area contributed by atoms with E-state index in [1.807, 2.05) is 35.2 Å². The third-order valence-electron chi connectivity index (χ3n) is 5.16. The van der Waals surface area contributed by atoms with Crippen LogP contribution in [0.2, 0.25) is 0 Å². The molecular weight excluding hydrogens is 364 g/mol. The van der Waals surface area contributed by atoms with Crippen molar-refractivity contribution in [1.29, 1.82) is 10.7 Å². The molecule has 0 bridgehead atoms. The van der Waals surface area contributed by atoms with Gasteiger partial charge in [0.15, 0.2) is 6.19 Å². The summed E-state index contributed by atoms with van der Waals surface area (Å²) in [6, 6.07) is 9.70. The van der Waals surface area contributed by atoms with Gasteiger partial charge < -0.3 is 19.4 Å². The van der Waals surface area contributed by atoms with Crippen LogP contribution in [0.3, 0.4) is 0 Å². The van der Waals surface area contributed by atoms with Crippen molar-refractivity contribution in [2.75, 3.05) is 65.5 Å². The fourth-order valence-corrected chi connectivity index (χ4v) is 3.07. The number of rotatable bonds is 14. The number of benzene rings is 1. The Hall–Kier alpha value is -2.30. The van der Waals surface area contributed by atoms with Crippen molar-refractivity contribution in [3.63, 3.8) is 0 Å². The second kappa shape index (κ2) is 14.7. The van der Waals surface area contributed by atoms with Crippen molar-refractivity contribution >= 4 is 5.96 Å². The Morgan fingerprint density at radius 3 is 1.93 bits per heavy atom. The minimum absolute atomic E-state index is 0.253. The van der Waals surface area contributed by atoms with Crippen molar-refractivity contribution in [2.24, 2.45) is 0 Å². The zero-order valence-electron chi connectivity index (χ0n) is 18.6. The second-order valence-electron chi connectivity index (χ2n) is 6.78. The molecule has 0 aliphatic carbocycles. The average molecular weight is 403 g/mol. The number of para-hydroxylation sites is 1. The molecule has 29 heavy (non-hydrogen) atoms. The molecule has 0 aliphatic heterocycles. The molecule has 0 atom stereocenters. The number of nitriles is 1. The van der Waals surface area contributed by atoms with Gasteiger partial charge in [-0.25, -0.2) is 4.90 Å². The van der Waals surface area contributed by atoms with Crippen LogP contribution in [0.15, 0.2) is 30.3 Å². The molecule has 0 aromatic heterocycles. The molecule has 1 rings (SSSR count). The maximum Gasteiger partial charge on any atom is 0.207 e. The molecule has 0 radical (unpaired) electrons. The summed E-state index contributed by atoms with van der Waals surface area (Å²) in [5.74, 6) is 1.07. The van der Waals surface area contributed by atoms with Crippen molar-refractivity contribution < 1.29 is 4.74 Å². The molecule has 7 nitrogen and oxygen atoms in total. The van der Waals surface area contributed by atoms with Gasteiger partial charge >= 0.3 is 0 Å². The van der Waals surface area contributed by atoms with E-state index in [-0.39, 0.29) is 5.96 Å². The minimum Gasteiger partial charge on any atom is -0.492 e. The van der Waals surface area contributed by atoms with Crippen LogP contribution in [0.5, 0.6) is 5.75 Å². The Labute approximate surface area is 177 Å². The third kappa shape index (κ3) is 9.16. The van der Waals surface area contributed by atoms with E-state index in [1.54, 1.807) is 0 Å². The number of nitrogens with zero attached hydrogens (tertiary/aromatic N) is 5. The van der Waals surface area contributed by atoms with Crippen LogP contribution < -0.4 is 4.74 Å². The van der Waals surface area contributed by atoms with Crippen molar-refractivity contribution in [3.05, 3.63) is 30.3 Å². The molecular formula is C22H38N6O. The number of ether oxygens (including phenoxy) is 1. The van der Waals surface area contributed by atoms with Gasteiger partial charge in [0.25, 0.3) is 0 Å². The Morgan fingerprint density at radius 2 is 1.41 bits per heavy atom. The first-order chi connectivity index (χ1) is 14.1. The number of likely N-dealkylation sites (N-methyl/N-ethyl adjacent to an activating group) is 2. The third-order valence-corrected chi connectivity index (χ3v) is 5.16. The first-order valence-corrected chi connectivity index (χ1v) is 10.7. The van der Waals surface area contributed by atoms with Gasteiger partial charge in [0.1, 0.15) is 12.4 Å². The molecule has 0 heterocycles. The van der Waals surface area contributed by atoms with Gasteiger partial charge in [-0.1, -0.05) is 45.9 Å². The van der Waals surface area contributed by atoms with E-state index in [0.717, 1.165) is 45.0 Å². The molecule has 0 spiro atoms. The van der Waals surface area contributed by atoms with Crippen LogP contribution in [0, 0.1) is 16.9 Å². The molecule has 1 aromatic carbocycles. The normalized spacial score (nSPS) is 10.8. The smallest absolute Gasteiger partial charge is 0.207 e. The highest BCUT2D eigenvalue weighted by molar-refractivity contribution is 5.78. The summed E-state index contributed by atoms with van der Waals surface area (Å²) in [6.07, 6.45) is 2.20. The first kappa shape index (κ1) is 24.7. The molecule has 7 heteroatoms. The van der Waals surface area contributed by atoms with E-state index in [0.29, 0.717) is 26.2 Å². The highest BCUT2D eigenvalue weighted by Crippen LogP contribution is 2.08. The zero-order chi connectivity index (χ0) is 21.5. The van der Waals surface area contributed by atoms with Crippen molar-refractivity contribution in [1.82, 2.24) is 19.6 Å². The lowest BCUT2D eigenvalue weighted by atomic mass is 10.3. The fraction of sp³-hybridized carbons (Fsp3) is 0.636. The summed E-state index contributed by atoms with van der Waals surface area (Å²) in [7, 11) is 0. The van der Waals surface area contributed by atoms with Gasteiger partial charge in [0.2, 0.25) is 5.96 Å². The second-order valence-corrected chi connectivity index (χ2v) is 6.78. The van der Waals surface area contributed by atoms with Crippen molar-refractivity contribution in [2.45, 2.75) is 27.7 Å². The van der Waals surface area contributed by atoms with Crippen LogP contribution in [0.25, 0.3) is 0 Å². The Balaban J connectivity index is 2.72. The quantitative estimate of drug-likeness (QED) is 0.223. The maximum absolute atomic E-state index is 9.63. The summed E-state index contributed by atoms with van der Waals surface area (Å²) in [6.45, 7) is 16.2. The van der Waals surface area contributed by atoms with E-state index in [1.165, 1.54) is 4.90 Å². The van der Waals surface area contributed by atoms with Gasteiger partial charge in [0.05, 0.1) is 6.54 Å². The summed E-state index contributed by atoms with van der Waals surface area (Å²) < 4.78 is 5.83. The van der Waals surface area contributed by atoms with Gasteiger partial charge in [-0.15, -0.1) is 0 Å². The predicted molar refractivity (Wildman–Crippen MR) is 119 cm³/mol. The average Bonchev–Trinajstić information content (AvgIpc) is 2.76. The van der Waals surface area contributed by atoms with Gasteiger partial charge in [0, 0.05) is 26.2 Å². The molecule has 0 saturated heterocycles. The number of hydrogen-bond acceptors (Lipinski definition) is 5. The van der Waals surface area contributed by atoms with E-state index in [9.17, 15) is 5.26 Å². The molecule has 0 fully saturated rings. The van der Waals surface area contributed by atoms with Crippen LogP contribution in [-0.2, 0) is 0 Å². The fourth-order valence-electron chi connectivity index (χ4n) is 3.07. The Kier molecular flexibility index (Phi) is 12.5. The molecule has 0 aliphatic rings. The lowest BCUT2D eigenvalue weighted by molar-refractivity contribution is 0.219. The van der Waals surface area contributed by atoms with E-state index in [4.69, 9.17) is 10.1 Å². The Bertz CT molecular complexity index is 595. The lowest BCUT2D eigenvalue weighted by Gasteiger charge is -2.32. The molecule has 0 amide bonds. The molecule has 0 unspecified atom stereocenters. The highest BCUT2D eigenvalue weighted by Gasteiger charge is 2.18. The standard InChI is InChI=1S/C22H38N6O/c1-5-25(6-2)14-16-27(18-19-29-21-12-10-9-11-13-21)22(24)28(20-23)17-15-26(7-3)8-4/h9-13,24H,5-8,14-19H2,1-4H3. The van der Waals surface area contributed by atoms with Gasteiger partial charge in [-0.3, -0.25) is 5.41 Å². The highest BCUT2D eigenvalue weighted by atomic mass is 16.5. The zero-order valence-corrected chi connectivity index (χ0v) is 18.6. The molecule has 0 saturated carbocycles. The molecule has 1 aromatic rings. The van der Waals surface area contributed by atoms with Crippen LogP contribution in [0.1, 0.15) is 27.7 Å². The maximum atomic E-state index is 9.63. The number of hydrogen-bond donors (Lipinski definition) is 1. The van der Waals surface area contributed by atoms with Gasteiger partial charge in [-0.2, -0.15) is 5.26 Å².